The van der Waals surface area contributed by atoms with Crippen molar-refractivity contribution in [2.24, 2.45) is 5.73 Å². The van der Waals surface area contributed by atoms with Gasteiger partial charge in [0, 0.05) is 6.54 Å². The van der Waals surface area contributed by atoms with Gasteiger partial charge in [-0.1, -0.05) is 12.1 Å². The Bertz CT molecular complexity index is 498. The maximum Gasteiger partial charge on any atom is 0.326 e. The molecule has 0 saturated carbocycles. The highest BCUT2D eigenvalue weighted by atomic mass is 16.1. The SMILES string of the molecule is NCCCCn1c(=O)[nH]c2ccccc21. The molecule has 4 nitrogen and oxygen atoms in total. The van der Waals surface area contributed by atoms with Crippen molar-refractivity contribution in [2.75, 3.05) is 6.54 Å². The molecule has 0 amide bonds. The van der Waals surface area contributed by atoms with Crippen LogP contribution in [0, 0.1) is 0 Å². The number of nitrogens with one attached hydrogen (secondary N) is 1. The van der Waals surface area contributed by atoms with E-state index in [1.165, 1.54) is 0 Å². The fraction of sp³-hybridized carbons (Fsp3) is 0.364. The van der Waals surface area contributed by atoms with E-state index in [0.717, 1.165) is 30.4 Å². The molecule has 1 aromatic carbocycles. The van der Waals surface area contributed by atoms with Crippen LogP contribution in [0.1, 0.15) is 12.8 Å². The topological polar surface area (TPSA) is 63.8 Å². The Kier molecular flexibility index (Phi) is 2.87. The minimum atomic E-state index is -0.0341. The molecule has 3 N–H and O–H groups in total. The van der Waals surface area contributed by atoms with Crippen LogP contribution in [0.3, 0.4) is 0 Å². The fourth-order valence-electron chi connectivity index (χ4n) is 1.74. The molecule has 0 unspecified atom stereocenters. The number of hydrogen-bond acceptors (Lipinski definition) is 2. The average molecular weight is 205 g/mol. The third-order valence-corrected chi connectivity index (χ3v) is 2.52. The third kappa shape index (κ3) is 1.94. The zero-order valence-electron chi connectivity index (χ0n) is 8.57. The largest absolute Gasteiger partial charge is 0.330 e. The molecule has 15 heavy (non-hydrogen) atoms. The molecule has 0 radical (unpaired) electrons. The van der Waals surface area contributed by atoms with Crippen molar-refractivity contribution < 1.29 is 0 Å². The van der Waals surface area contributed by atoms with Gasteiger partial charge in [-0.2, -0.15) is 0 Å². The molecule has 0 spiro atoms. The van der Waals surface area contributed by atoms with Crippen molar-refractivity contribution in [3.8, 4) is 0 Å². The molecule has 0 aliphatic carbocycles. The predicted octanol–water partition coefficient (Wildman–Crippen LogP) is 1.07. The second-order valence-corrected chi connectivity index (χ2v) is 3.59. The van der Waals surface area contributed by atoms with Gasteiger partial charge in [-0.05, 0) is 31.5 Å². The number of imidazole rings is 1. The van der Waals surface area contributed by atoms with Crippen LogP contribution in [0.25, 0.3) is 11.0 Å². The van der Waals surface area contributed by atoms with Crippen LogP contribution in [-0.2, 0) is 6.54 Å². The monoisotopic (exact) mass is 205 g/mol. The Balaban J connectivity index is 2.33. The first kappa shape index (κ1) is 9.98. The normalized spacial score (nSPS) is 11.0. The highest BCUT2D eigenvalue weighted by molar-refractivity contribution is 5.74. The first-order valence-corrected chi connectivity index (χ1v) is 5.20. The average Bonchev–Trinajstić information content (AvgIpc) is 2.56. The number of rotatable bonds is 4. The lowest BCUT2D eigenvalue weighted by Crippen LogP contribution is -2.17. The molecular weight excluding hydrogens is 190 g/mol. The molecule has 0 bridgehead atoms. The molecule has 2 rings (SSSR count). The van der Waals surface area contributed by atoms with E-state index in [9.17, 15) is 4.79 Å². The lowest BCUT2D eigenvalue weighted by molar-refractivity contribution is 0.613. The summed E-state index contributed by atoms with van der Waals surface area (Å²) in [6, 6.07) is 7.73. The summed E-state index contributed by atoms with van der Waals surface area (Å²) in [5.74, 6) is 0. The van der Waals surface area contributed by atoms with Crippen molar-refractivity contribution in [2.45, 2.75) is 19.4 Å². The van der Waals surface area contributed by atoms with E-state index in [4.69, 9.17) is 5.73 Å². The van der Waals surface area contributed by atoms with Crippen molar-refractivity contribution >= 4 is 11.0 Å². The first-order valence-electron chi connectivity index (χ1n) is 5.20. The summed E-state index contributed by atoms with van der Waals surface area (Å²) < 4.78 is 1.77. The fourth-order valence-corrected chi connectivity index (χ4v) is 1.74. The molecule has 1 aromatic heterocycles. The summed E-state index contributed by atoms with van der Waals surface area (Å²) in [6.45, 7) is 1.41. The molecule has 0 fully saturated rings. The first-order chi connectivity index (χ1) is 7.33. The van der Waals surface area contributed by atoms with Crippen molar-refractivity contribution in [1.82, 2.24) is 9.55 Å². The van der Waals surface area contributed by atoms with E-state index in [1.54, 1.807) is 4.57 Å². The van der Waals surface area contributed by atoms with Gasteiger partial charge < -0.3 is 10.7 Å². The van der Waals surface area contributed by atoms with Crippen LogP contribution in [0.2, 0.25) is 0 Å². The quantitative estimate of drug-likeness (QED) is 0.733. The van der Waals surface area contributed by atoms with Gasteiger partial charge in [-0.3, -0.25) is 4.57 Å². The molecule has 80 valence electrons. The molecule has 2 aromatic rings. The number of unbranched alkanes of at least 4 members (excludes halogenated alkanes) is 1. The highest BCUT2D eigenvalue weighted by Crippen LogP contribution is 2.09. The Hall–Kier alpha value is -1.55. The van der Waals surface area contributed by atoms with Gasteiger partial charge in [-0.15, -0.1) is 0 Å². The molecule has 0 atom stereocenters. The summed E-state index contributed by atoms with van der Waals surface area (Å²) in [4.78, 5) is 14.4. The van der Waals surface area contributed by atoms with Gasteiger partial charge in [0.15, 0.2) is 0 Å². The number of nitrogens with zero attached hydrogens (tertiary/aromatic N) is 1. The smallest absolute Gasteiger partial charge is 0.326 e. The number of aromatic nitrogens is 2. The summed E-state index contributed by atoms with van der Waals surface area (Å²) in [5.41, 5.74) is 7.26. The predicted molar refractivity (Wildman–Crippen MR) is 60.8 cm³/mol. The van der Waals surface area contributed by atoms with E-state index in [2.05, 4.69) is 4.98 Å². The molecule has 0 aliphatic rings. The lowest BCUT2D eigenvalue weighted by Gasteiger charge is -2.01. The number of aromatic amines is 1. The summed E-state index contributed by atoms with van der Waals surface area (Å²) in [6.07, 6.45) is 1.89. The Morgan fingerprint density at radius 2 is 2.07 bits per heavy atom. The summed E-state index contributed by atoms with van der Waals surface area (Å²) in [7, 11) is 0. The van der Waals surface area contributed by atoms with Gasteiger partial charge in [0.2, 0.25) is 0 Å². The lowest BCUT2D eigenvalue weighted by atomic mass is 10.3. The van der Waals surface area contributed by atoms with Crippen LogP contribution in [0.4, 0.5) is 0 Å². The van der Waals surface area contributed by atoms with Crippen LogP contribution < -0.4 is 11.4 Å². The van der Waals surface area contributed by atoms with Crippen LogP contribution in [0.5, 0.6) is 0 Å². The van der Waals surface area contributed by atoms with Gasteiger partial charge in [-0.25, -0.2) is 4.79 Å². The number of nitrogens with two attached hydrogens (primary N) is 1. The van der Waals surface area contributed by atoms with Gasteiger partial charge in [0.25, 0.3) is 0 Å². The number of benzene rings is 1. The summed E-state index contributed by atoms with van der Waals surface area (Å²) >= 11 is 0. The minimum absolute atomic E-state index is 0.0341. The molecule has 0 saturated heterocycles. The van der Waals surface area contributed by atoms with E-state index in [-0.39, 0.29) is 5.69 Å². The second-order valence-electron chi connectivity index (χ2n) is 3.59. The van der Waals surface area contributed by atoms with Gasteiger partial charge in [0.05, 0.1) is 11.0 Å². The summed E-state index contributed by atoms with van der Waals surface area (Å²) in [5, 5.41) is 0. The Morgan fingerprint density at radius 1 is 1.27 bits per heavy atom. The number of aryl methyl sites for hydroxylation is 1. The molecule has 0 aliphatic heterocycles. The second kappa shape index (κ2) is 4.31. The number of H-pyrrole nitrogens is 1. The van der Waals surface area contributed by atoms with Crippen LogP contribution >= 0.6 is 0 Å². The zero-order valence-corrected chi connectivity index (χ0v) is 8.57. The maximum absolute atomic E-state index is 11.6. The van der Waals surface area contributed by atoms with E-state index >= 15 is 0 Å². The highest BCUT2D eigenvalue weighted by Gasteiger charge is 2.04. The standard InChI is InChI=1S/C11H15N3O/c12-7-3-4-8-14-10-6-2-1-5-9(10)13-11(14)15/h1-2,5-6H,3-4,7-8,12H2,(H,13,15). The van der Waals surface area contributed by atoms with Crippen LogP contribution in [0.15, 0.2) is 29.1 Å². The van der Waals surface area contributed by atoms with E-state index in [1.807, 2.05) is 24.3 Å². The number of fused-ring (bicyclic) bond motifs is 1. The van der Waals surface area contributed by atoms with Gasteiger partial charge in [0.1, 0.15) is 0 Å². The molecule has 1 heterocycles. The van der Waals surface area contributed by atoms with E-state index in [0.29, 0.717) is 6.54 Å². The van der Waals surface area contributed by atoms with Crippen LogP contribution in [-0.4, -0.2) is 16.1 Å². The Morgan fingerprint density at radius 3 is 2.87 bits per heavy atom. The zero-order chi connectivity index (χ0) is 10.7. The number of hydrogen-bond donors (Lipinski definition) is 2. The van der Waals surface area contributed by atoms with Crippen molar-refractivity contribution in [3.05, 3.63) is 34.7 Å². The molecule has 4 heteroatoms. The van der Waals surface area contributed by atoms with Crippen molar-refractivity contribution in [1.29, 1.82) is 0 Å². The third-order valence-electron chi connectivity index (χ3n) is 2.52. The maximum atomic E-state index is 11.6. The van der Waals surface area contributed by atoms with Gasteiger partial charge >= 0.3 is 5.69 Å². The molecular formula is C11H15N3O. The minimum Gasteiger partial charge on any atom is -0.330 e. The van der Waals surface area contributed by atoms with Crippen molar-refractivity contribution in [3.63, 3.8) is 0 Å². The van der Waals surface area contributed by atoms with E-state index < -0.39 is 0 Å². The Labute approximate surface area is 87.7 Å². The number of para-hydroxylation sites is 2.